The lowest BCUT2D eigenvalue weighted by Crippen LogP contribution is -2.31. The highest BCUT2D eigenvalue weighted by Crippen LogP contribution is 2.21. The molecule has 1 aromatic carbocycles. The second-order valence-electron chi connectivity index (χ2n) is 6.62. The topological polar surface area (TPSA) is 57.9 Å². The normalized spacial score (nSPS) is 13.9. The van der Waals surface area contributed by atoms with Crippen LogP contribution in [0, 0.1) is 0 Å². The van der Waals surface area contributed by atoms with Crippen LogP contribution in [-0.2, 0) is 0 Å². The van der Waals surface area contributed by atoms with Crippen molar-refractivity contribution >= 4 is 23.0 Å². The fourth-order valence-electron chi connectivity index (χ4n) is 3.59. The van der Waals surface area contributed by atoms with Gasteiger partial charge in [0.2, 0.25) is 5.82 Å². The van der Waals surface area contributed by atoms with Gasteiger partial charge in [-0.05, 0) is 44.0 Å². The number of rotatable bonds is 4. The van der Waals surface area contributed by atoms with Gasteiger partial charge in [0.05, 0.1) is 5.52 Å². The molecule has 2 aromatic heterocycles. The minimum absolute atomic E-state index is 0.115. The predicted molar refractivity (Wildman–Crippen MR) is 104 cm³/mol. The van der Waals surface area contributed by atoms with Gasteiger partial charge >= 0.3 is 0 Å². The molecule has 4 rings (SSSR count). The van der Waals surface area contributed by atoms with Crippen LogP contribution < -0.4 is 4.90 Å². The van der Waals surface area contributed by atoms with E-state index < -0.39 is 0 Å². The molecule has 3 aromatic rings. The van der Waals surface area contributed by atoms with Gasteiger partial charge in [0.25, 0.3) is 11.8 Å². The number of fused-ring (bicyclic) bond motifs is 1. The number of hydrogen-bond acceptors (Lipinski definition) is 3. The Hall–Kier alpha value is -3.15. The number of pyridine rings is 1. The Morgan fingerprint density at radius 3 is 2.44 bits per heavy atom. The molecule has 1 fully saturated rings. The molecule has 0 unspecified atom stereocenters. The maximum Gasteiger partial charge on any atom is 0.290 e. The highest BCUT2D eigenvalue weighted by Gasteiger charge is 2.28. The first-order valence-electron chi connectivity index (χ1n) is 9.34. The zero-order chi connectivity index (χ0) is 18.8. The van der Waals surface area contributed by atoms with Gasteiger partial charge in [0.1, 0.15) is 0 Å². The molecule has 1 aliphatic rings. The molecule has 1 saturated heterocycles. The van der Waals surface area contributed by atoms with Gasteiger partial charge in [0.15, 0.2) is 5.69 Å². The Morgan fingerprint density at radius 1 is 1.04 bits per heavy atom. The number of benzene rings is 1. The Kier molecular flexibility index (Phi) is 4.62. The Bertz CT molecular complexity index is 974. The number of aromatic nitrogens is 2. The summed E-state index contributed by atoms with van der Waals surface area (Å²) >= 11 is 0. The van der Waals surface area contributed by atoms with Crippen molar-refractivity contribution in [3.05, 3.63) is 66.2 Å². The summed E-state index contributed by atoms with van der Waals surface area (Å²) in [4.78, 5) is 34.2. The molecule has 0 bridgehead atoms. The molecule has 0 spiro atoms. The second-order valence-corrected chi connectivity index (χ2v) is 6.62. The van der Waals surface area contributed by atoms with Crippen molar-refractivity contribution in [1.82, 2.24) is 14.3 Å². The number of carbonyl (C=O) groups excluding carboxylic acids is 2. The Morgan fingerprint density at radius 2 is 1.74 bits per heavy atom. The minimum Gasteiger partial charge on any atom is -0.336 e. The summed E-state index contributed by atoms with van der Waals surface area (Å²) in [6.45, 7) is 3.94. The molecular weight excluding hydrogens is 340 g/mol. The number of hydrogen-bond donors (Lipinski definition) is 0. The first-order valence-corrected chi connectivity index (χ1v) is 9.34. The molecular formula is C21H22N4O2. The second kappa shape index (κ2) is 7.23. The number of carbonyl (C=O) groups is 2. The molecule has 0 aliphatic carbocycles. The van der Waals surface area contributed by atoms with Crippen molar-refractivity contribution in [3.8, 4) is 0 Å². The summed E-state index contributed by atoms with van der Waals surface area (Å²) in [5.41, 5.74) is 1.78. The van der Waals surface area contributed by atoms with Crippen LogP contribution in [0.3, 0.4) is 0 Å². The third kappa shape index (κ3) is 3.07. The van der Waals surface area contributed by atoms with Crippen molar-refractivity contribution < 1.29 is 9.59 Å². The van der Waals surface area contributed by atoms with Gasteiger partial charge in [-0.15, -0.1) is 0 Å². The number of anilines is 1. The maximum absolute atomic E-state index is 13.3. The van der Waals surface area contributed by atoms with Crippen LogP contribution in [0.15, 0.2) is 54.7 Å². The number of amides is 2. The standard InChI is InChI=1S/C21H22N4O2/c1-2-24(16-10-4-3-5-11-16)20(26)18-17-12-6-7-15-25(17)19(22-18)21(27)23-13-8-9-14-23/h3-7,10-12,15H,2,8-9,13-14H2,1H3. The van der Waals surface area contributed by atoms with E-state index in [-0.39, 0.29) is 11.8 Å². The first kappa shape index (κ1) is 17.3. The smallest absolute Gasteiger partial charge is 0.290 e. The summed E-state index contributed by atoms with van der Waals surface area (Å²) in [5.74, 6) is -0.0108. The average molecular weight is 362 g/mol. The molecule has 1 aliphatic heterocycles. The van der Waals surface area contributed by atoms with Crippen LogP contribution >= 0.6 is 0 Å². The molecule has 0 radical (unpaired) electrons. The van der Waals surface area contributed by atoms with E-state index in [0.29, 0.717) is 23.6 Å². The van der Waals surface area contributed by atoms with Crippen LogP contribution in [0.2, 0.25) is 0 Å². The molecule has 0 saturated carbocycles. The van der Waals surface area contributed by atoms with E-state index in [9.17, 15) is 9.59 Å². The highest BCUT2D eigenvalue weighted by molar-refractivity contribution is 6.10. The monoisotopic (exact) mass is 362 g/mol. The number of para-hydroxylation sites is 1. The molecule has 6 nitrogen and oxygen atoms in total. The molecule has 6 heteroatoms. The lowest BCUT2D eigenvalue weighted by atomic mass is 10.2. The van der Waals surface area contributed by atoms with Crippen molar-refractivity contribution in [2.75, 3.05) is 24.5 Å². The molecule has 0 atom stereocenters. The summed E-state index contributed by atoms with van der Waals surface area (Å²) in [6, 6.07) is 15.1. The minimum atomic E-state index is -0.201. The van der Waals surface area contributed by atoms with Crippen molar-refractivity contribution in [3.63, 3.8) is 0 Å². The third-order valence-corrected chi connectivity index (χ3v) is 4.96. The highest BCUT2D eigenvalue weighted by atomic mass is 16.2. The number of nitrogens with zero attached hydrogens (tertiary/aromatic N) is 4. The van der Waals surface area contributed by atoms with E-state index in [4.69, 9.17) is 0 Å². The average Bonchev–Trinajstić information content (AvgIpc) is 3.37. The van der Waals surface area contributed by atoms with Crippen molar-refractivity contribution in [1.29, 1.82) is 0 Å². The maximum atomic E-state index is 13.3. The molecule has 27 heavy (non-hydrogen) atoms. The third-order valence-electron chi connectivity index (χ3n) is 4.96. The van der Waals surface area contributed by atoms with Crippen LogP contribution in [0.4, 0.5) is 5.69 Å². The van der Waals surface area contributed by atoms with Gasteiger partial charge in [-0.1, -0.05) is 24.3 Å². The lowest BCUT2D eigenvalue weighted by Gasteiger charge is -2.20. The van der Waals surface area contributed by atoms with Crippen LogP contribution in [0.5, 0.6) is 0 Å². The number of likely N-dealkylation sites (tertiary alicyclic amines) is 1. The first-order chi connectivity index (χ1) is 13.2. The fraction of sp³-hybridized carbons (Fsp3) is 0.286. The largest absolute Gasteiger partial charge is 0.336 e. The van der Waals surface area contributed by atoms with E-state index >= 15 is 0 Å². The molecule has 3 heterocycles. The van der Waals surface area contributed by atoms with Crippen molar-refractivity contribution in [2.45, 2.75) is 19.8 Å². The van der Waals surface area contributed by atoms with E-state index in [0.717, 1.165) is 31.6 Å². The van der Waals surface area contributed by atoms with E-state index in [1.165, 1.54) is 0 Å². The summed E-state index contributed by atoms with van der Waals surface area (Å²) < 4.78 is 1.73. The summed E-state index contributed by atoms with van der Waals surface area (Å²) in [5, 5.41) is 0. The van der Waals surface area contributed by atoms with Crippen LogP contribution in [0.25, 0.3) is 5.52 Å². The van der Waals surface area contributed by atoms with Gasteiger partial charge in [-0.25, -0.2) is 4.98 Å². The van der Waals surface area contributed by atoms with Gasteiger partial charge < -0.3 is 9.80 Å². The Labute approximate surface area is 158 Å². The number of imidazole rings is 1. The summed E-state index contributed by atoms with van der Waals surface area (Å²) in [6.07, 6.45) is 3.82. The van der Waals surface area contributed by atoms with Crippen LogP contribution in [0.1, 0.15) is 40.9 Å². The van der Waals surface area contributed by atoms with Crippen molar-refractivity contribution in [2.24, 2.45) is 0 Å². The van der Waals surface area contributed by atoms with Crippen LogP contribution in [-0.4, -0.2) is 45.7 Å². The zero-order valence-corrected chi connectivity index (χ0v) is 15.3. The van der Waals surface area contributed by atoms with E-state index in [1.54, 1.807) is 15.5 Å². The fourth-order valence-corrected chi connectivity index (χ4v) is 3.59. The van der Waals surface area contributed by atoms with Gasteiger partial charge in [0, 0.05) is 31.5 Å². The molecule has 0 N–H and O–H groups in total. The van der Waals surface area contributed by atoms with Gasteiger partial charge in [-0.3, -0.25) is 14.0 Å². The summed E-state index contributed by atoms with van der Waals surface area (Å²) in [7, 11) is 0. The molecule has 138 valence electrons. The predicted octanol–water partition coefficient (Wildman–Crippen LogP) is 3.24. The van der Waals surface area contributed by atoms with E-state index in [2.05, 4.69) is 4.98 Å². The van der Waals surface area contributed by atoms with Gasteiger partial charge in [-0.2, -0.15) is 0 Å². The quantitative estimate of drug-likeness (QED) is 0.716. The zero-order valence-electron chi connectivity index (χ0n) is 15.3. The Balaban J connectivity index is 1.77. The SMILES string of the molecule is CCN(C(=O)c1nc(C(=O)N2CCCC2)n2ccccc12)c1ccccc1. The van der Waals surface area contributed by atoms with E-state index in [1.807, 2.05) is 60.4 Å². The lowest BCUT2D eigenvalue weighted by molar-refractivity contribution is 0.0780. The molecule has 2 amide bonds.